The van der Waals surface area contributed by atoms with Gasteiger partial charge in [-0.3, -0.25) is 14.4 Å². The summed E-state index contributed by atoms with van der Waals surface area (Å²) in [6.45, 7) is 2.23. The van der Waals surface area contributed by atoms with Crippen molar-refractivity contribution >= 4 is 12.0 Å². The maximum atomic E-state index is 11.3. The molecule has 4 heteroatoms. The summed E-state index contributed by atoms with van der Waals surface area (Å²) in [4.78, 5) is 20.3. The predicted molar refractivity (Wildman–Crippen MR) is 97.3 cm³/mol. The molecule has 0 bridgehead atoms. The number of aldehydes is 1. The van der Waals surface area contributed by atoms with E-state index in [1.165, 1.54) is 0 Å². The first-order valence-corrected chi connectivity index (χ1v) is 8.00. The second-order valence-electron chi connectivity index (χ2n) is 5.70. The third-order valence-corrected chi connectivity index (χ3v) is 4.23. The molecule has 1 aliphatic heterocycles. The molecule has 0 spiro atoms. The van der Waals surface area contributed by atoms with Crippen molar-refractivity contribution in [2.75, 3.05) is 0 Å². The van der Waals surface area contributed by atoms with E-state index >= 15 is 0 Å². The summed E-state index contributed by atoms with van der Waals surface area (Å²) in [6.07, 6.45) is 2.47. The molecule has 2 heterocycles. The van der Waals surface area contributed by atoms with Gasteiger partial charge in [0.05, 0.1) is 23.6 Å². The highest BCUT2D eigenvalue weighted by atomic mass is 16.1. The lowest BCUT2D eigenvalue weighted by atomic mass is 9.98. The topological polar surface area (TPSA) is 47.2 Å². The van der Waals surface area contributed by atoms with Crippen LogP contribution in [0.25, 0.3) is 5.69 Å². The molecule has 1 aliphatic rings. The van der Waals surface area contributed by atoms with Gasteiger partial charge in [0.25, 0.3) is 0 Å². The molecule has 120 valence electrons. The van der Waals surface area contributed by atoms with E-state index in [1.54, 1.807) is 6.33 Å². The van der Waals surface area contributed by atoms with Crippen LogP contribution in [0.4, 0.5) is 0 Å². The molecule has 0 saturated heterocycles. The first-order valence-electron chi connectivity index (χ1n) is 8.00. The van der Waals surface area contributed by atoms with Gasteiger partial charge in [-0.05, 0) is 25.1 Å². The molecule has 4 rings (SSSR count). The Morgan fingerprint density at radius 3 is 2.76 bits per heavy atom. The van der Waals surface area contributed by atoms with Crippen LogP contribution >= 0.6 is 0 Å². The average molecular weight is 325 g/mol. The van der Waals surface area contributed by atoms with E-state index in [-0.39, 0.29) is 0 Å². The molecule has 0 atom stereocenters. The van der Waals surface area contributed by atoms with Crippen LogP contribution in [0.15, 0.2) is 59.9 Å². The quantitative estimate of drug-likeness (QED) is 0.535. The van der Waals surface area contributed by atoms with Crippen LogP contribution < -0.4 is 0 Å². The molecule has 0 radical (unpaired) electrons. The van der Waals surface area contributed by atoms with Gasteiger partial charge in [0.15, 0.2) is 6.29 Å². The van der Waals surface area contributed by atoms with Crippen LogP contribution in [0.5, 0.6) is 0 Å². The minimum absolute atomic E-state index is 0.405. The van der Waals surface area contributed by atoms with Crippen molar-refractivity contribution in [2.45, 2.75) is 13.5 Å². The molecule has 25 heavy (non-hydrogen) atoms. The molecular weight excluding hydrogens is 310 g/mol. The number of fused-ring (bicyclic) bond motifs is 3. The van der Waals surface area contributed by atoms with Crippen LogP contribution in [0.1, 0.15) is 39.8 Å². The number of hydrogen-bond acceptors (Lipinski definition) is 3. The maximum Gasteiger partial charge on any atom is 0.170 e. The molecule has 4 nitrogen and oxygen atoms in total. The van der Waals surface area contributed by atoms with Crippen LogP contribution in [-0.4, -0.2) is 21.5 Å². The first-order chi connectivity index (χ1) is 12.3. The number of nitrogens with zero attached hydrogens (tertiary/aromatic N) is 3. The molecule has 0 fully saturated rings. The zero-order valence-corrected chi connectivity index (χ0v) is 13.7. The van der Waals surface area contributed by atoms with E-state index in [2.05, 4.69) is 16.8 Å². The standard InChI is InChI=1S/C21H15N3O/c1-2-6-15-9-10-19-17(11-15)21(16-7-4-3-5-8-16)22-12-20-18(13-25)23-14-24(19)20/h3-5,7-11,13-14H,12H2,1H3. The van der Waals surface area contributed by atoms with Crippen LogP contribution in [0, 0.1) is 11.8 Å². The lowest BCUT2D eigenvalue weighted by Crippen LogP contribution is -2.07. The van der Waals surface area contributed by atoms with Crippen LogP contribution in [0.2, 0.25) is 0 Å². The summed E-state index contributed by atoms with van der Waals surface area (Å²) in [5.41, 5.74) is 6.05. The largest absolute Gasteiger partial charge is 0.300 e. The van der Waals surface area contributed by atoms with Gasteiger partial charge in [-0.1, -0.05) is 36.3 Å². The van der Waals surface area contributed by atoms with Crippen LogP contribution in [0.3, 0.4) is 0 Å². The maximum absolute atomic E-state index is 11.3. The van der Waals surface area contributed by atoms with Gasteiger partial charge >= 0.3 is 0 Å². The Balaban J connectivity index is 2.00. The summed E-state index contributed by atoms with van der Waals surface area (Å²) in [6, 6.07) is 16.1. The Labute approximate surface area is 145 Å². The Morgan fingerprint density at radius 1 is 1.16 bits per heavy atom. The molecule has 0 aliphatic carbocycles. The SMILES string of the molecule is CC#Cc1ccc2c(c1)C(c1ccccc1)=NCc1c(C=O)ncn1-2. The fourth-order valence-corrected chi connectivity index (χ4v) is 3.09. The number of benzene rings is 2. The highest BCUT2D eigenvalue weighted by Crippen LogP contribution is 2.27. The normalized spacial score (nSPS) is 12.1. The minimum atomic E-state index is 0.405. The number of imidazole rings is 1. The van der Waals surface area contributed by atoms with E-state index in [4.69, 9.17) is 4.99 Å². The second-order valence-corrected chi connectivity index (χ2v) is 5.70. The molecule has 3 aromatic rings. The third kappa shape index (κ3) is 2.56. The van der Waals surface area contributed by atoms with Gasteiger partial charge < -0.3 is 0 Å². The average Bonchev–Trinajstić information content (AvgIpc) is 2.99. The van der Waals surface area contributed by atoms with Gasteiger partial charge in [-0.25, -0.2) is 4.98 Å². The van der Waals surface area contributed by atoms with E-state index in [0.717, 1.165) is 40.1 Å². The number of carbonyl (C=O) groups excluding carboxylic acids is 1. The van der Waals surface area contributed by atoms with E-state index in [1.807, 2.05) is 60.0 Å². The van der Waals surface area contributed by atoms with Crippen molar-refractivity contribution in [3.63, 3.8) is 0 Å². The summed E-state index contributed by atoms with van der Waals surface area (Å²) in [5.74, 6) is 6.04. The highest BCUT2D eigenvalue weighted by molar-refractivity contribution is 6.15. The summed E-state index contributed by atoms with van der Waals surface area (Å²) >= 11 is 0. The fourth-order valence-electron chi connectivity index (χ4n) is 3.09. The zero-order valence-electron chi connectivity index (χ0n) is 13.7. The lowest BCUT2D eigenvalue weighted by molar-refractivity contribution is 0.111. The van der Waals surface area contributed by atoms with Crippen molar-refractivity contribution < 1.29 is 4.79 Å². The Bertz CT molecular complexity index is 1050. The third-order valence-electron chi connectivity index (χ3n) is 4.23. The molecule has 0 unspecified atom stereocenters. The van der Waals surface area contributed by atoms with Crippen molar-refractivity contribution in [3.8, 4) is 17.5 Å². The van der Waals surface area contributed by atoms with Gasteiger partial charge in [-0.2, -0.15) is 0 Å². The Morgan fingerprint density at radius 2 is 2.00 bits per heavy atom. The van der Waals surface area contributed by atoms with Gasteiger partial charge in [0.1, 0.15) is 12.0 Å². The Hall–Kier alpha value is -3.45. The van der Waals surface area contributed by atoms with Crippen molar-refractivity contribution in [1.82, 2.24) is 9.55 Å². The molecule has 0 saturated carbocycles. The number of carbonyl (C=O) groups is 1. The summed E-state index contributed by atoms with van der Waals surface area (Å²) in [7, 11) is 0. The van der Waals surface area contributed by atoms with E-state index in [0.29, 0.717) is 12.2 Å². The van der Waals surface area contributed by atoms with Crippen molar-refractivity contribution in [2.24, 2.45) is 4.99 Å². The smallest absolute Gasteiger partial charge is 0.170 e. The summed E-state index contributed by atoms with van der Waals surface area (Å²) in [5, 5.41) is 0. The highest BCUT2D eigenvalue weighted by Gasteiger charge is 2.21. The molecule has 2 aromatic carbocycles. The Kier molecular flexibility index (Phi) is 3.75. The predicted octanol–water partition coefficient (Wildman–Crippen LogP) is 3.41. The van der Waals surface area contributed by atoms with E-state index in [9.17, 15) is 4.79 Å². The molecule has 0 N–H and O–H groups in total. The molecular formula is C21H15N3O. The second kappa shape index (κ2) is 6.21. The van der Waals surface area contributed by atoms with Gasteiger partial charge in [0.2, 0.25) is 0 Å². The van der Waals surface area contributed by atoms with Gasteiger partial charge in [0, 0.05) is 16.7 Å². The van der Waals surface area contributed by atoms with Gasteiger partial charge in [-0.15, -0.1) is 5.92 Å². The molecule has 1 aromatic heterocycles. The molecule has 0 amide bonds. The number of rotatable bonds is 2. The first kappa shape index (κ1) is 15.1. The van der Waals surface area contributed by atoms with E-state index < -0.39 is 0 Å². The fraction of sp³-hybridized carbons (Fsp3) is 0.0952. The van der Waals surface area contributed by atoms with Crippen LogP contribution in [-0.2, 0) is 6.54 Å². The minimum Gasteiger partial charge on any atom is -0.300 e. The summed E-state index contributed by atoms with van der Waals surface area (Å²) < 4.78 is 1.95. The number of hydrogen-bond donors (Lipinski definition) is 0. The number of aliphatic imine (C=N–C) groups is 1. The zero-order chi connectivity index (χ0) is 17.2. The van der Waals surface area contributed by atoms with Crippen molar-refractivity contribution in [1.29, 1.82) is 0 Å². The van der Waals surface area contributed by atoms with Crippen molar-refractivity contribution in [3.05, 3.63) is 82.9 Å². The lowest BCUT2D eigenvalue weighted by Gasteiger charge is -2.12. The number of aromatic nitrogens is 2. The monoisotopic (exact) mass is 325 g/mol.